The molecule has 0 aliphatic rings. The highest BCUT2D eigenvalue weighted by Crippen LogP contribution is 2.17. The third-order valence-electron chi connectivity index (χ3n) is 3.14. The molecule has 17 heavy (non-hydrogen) atoms. The van der Waals surface area contributed by atoms with E-state index in [-0.39, 0.29) is 6.04 Å². The molecule has 0 saturated heterocycles. The molecular weight excluding hydrogens is 234 g/mol. The smallest absolute Gasteiger partial charge is 0.153 e. The van der Waals surface area contributed by atoms with Gasteiger partial charge in [-0.25, -0.2) is 8.42 Å². The number of sulfone groups is 1. The first-order valence-electron chi connectivity index (χ1n) is 5.72. The Labute approximate surface area is 104 Å². The van der Waals surface area contributed by atoms with Crippen LogP contribution in [0.2, 0.25) is 0 Å². The Morgan fingerprint density at radius 3 is 2.24 bits per heavy atom. The Morgan fingerprint density at radius 2 is 1.76 bits per heavy atom. The maximum atomic E-state index is 11.6. The fourth-order valence-electron chi connectivity index (χ4n) is 1.39. The van der Waals surface area contributed by atoms with Crippen LogP contribution >= 0.6 is 0 Å². The second-order valence-electron chi connectivity index (χ2n) is 5.05. The van der Waals surface area contributed by atoms with E-state index in [4.69, 9.17) is 0 Å². The lowest BCUT2D eigenvalue weighted by Crippen LogP contribution is -2.42. The van der Waals surface area contributed by atoms with Gasteiger partial charge in [0.15, 0.2) is 9.84 Å². The summed E-state index contributed by atoms with van der Waals surface area (Å²) in [6.45, 7) is 5.97. The van der Waals surface area contributed by atoms with E-state index in [9.17, 15) is 8.42 Å². The van der Waals surface area contributed by atoms with Crippen LogP contribution in [0.25, 0.3) is 0 Å². The third kappa shape index (κ3) is 3.82. The van der Waals surface area contributed by atoms with Gasteiger partial charge in [0.25, 0.3) is 0 Å². The normalized spacial score (nSPS) is 14.6. The summed E-state index contributed by atoms with van der Waals surface area (Å²) in [6, 6.07) is 10.1. The van der Waals surface area contributed by atoms with E-state index in [0.29, 0.717) is 6.54 Å². The maximum absolute atomic E-state index is 11.6. The second kappa shape index (κ2) is 5.19. The Bertz CT molecular complexity index is 452. The summed E-state index contributed by atoms with van der Waals surface area (Å²) in [5, 5.41) is 3.27. The van der Waals surface area contributed by atoms with Gasteiger partial charge in [0.05, 0.1) is 4.75 Å². The number of hydrogen-bond acceptors (Lipinski definition) is 3. The van der Waals surface area contributed by atoms with Crippen molar-refractivity contribution >= 4 is 9.84 Å². The van der Waals surface area contributed by atoms with Crippen molar-refractivity contribution in [3.05, 3.63) is 35.9 Å². The van der Waals surface area contributed by atoms with Crippen LogP contribution in [0, 0.1) is 0 Å². The van der Waals surface area contributed by atoms with Gasteiger partial charge in [0, 0.05) is 18.8 Å². The van der Waals surface area contributed by atoms with Crippen molar-refractivity contribution in [1.29, 1.82) is 0 Å². The van der Waals surface area contributed by atoms with Crippen LogP contribution in [0.5, 0.6) is 0 Å². The average Bonchev–Trinajstić information content (AvgIpc) is 2.25. The first-order valence-corrected chi connectivity index (χ1v) is 7.61. The van der Waals surface area contributed by atoms with Crippen LogP contribution in [0.15, 0.2) is 30.3 Å². The first kappa shape index (κ1) is 14.2. The van der Waals surface area contributed by atoms with Crippen molar-refractivity contribution in [1.82, 2.24) is 5.32 Å². The van der Waals surface area contributed by atoms with Crippen LogP contribution in [-0.4, -0.2) is 26.0 Å². The Balaban J connectivity index is 2.64. The van der Waals surface area contributed by atoms with E-state index < -0.39 is 14.6 Å². The van der Waals surface area contributed by atoms with E-state index in [2.05, 4.69) is 5.32 Å². The lowest BCUT2D eigenvalue weighted by Gasteiger charge is -2.25. The summed E-state index contributed by atoms with van der Waals surface area (Å²) in [5.41, 5.74) is 1.16. The molecule has 96 valence electrons. The molecule has 1 aromatic carbocycles. The first-order chi connectivity index (χ1) is 7.74. The predicted molar refractivity (Wildman–Crippen MR) is 71.8 cm³/mol. The van der Waals surface area contributed by atoms with E-state index in [1.807, 2.05) is 37.3 Å². The molecule has 0 fully saturated rings. The molecule has 0 heterocycles. The zero-order valence-corrected chi connectivity index (χ0v) is 11.7. The topological polar surface area (TPSA) is 46.2 Å². The molecule has 0 aromatic heterocycles. The zero-order chi connectivity index (χ0) is 13.1. The van der Waals surface area contributed by atoms with Crippen LogP contribution in [0.3, 0.4) is 0 Å². The highest BCUT2D eigenvalue weighted by Gasteiger charge is 2.30. The lowest BCUT2D eigenvalue weighted by molar-refractivity contribution is 0.489. The quantitative estimate of drug-likeness (QED) is 0.877. The number of rotatable bonds is 5. The number of benzene rings is 1. The van der Waals surface area contributed by atoms with Gasteiger partial charge in [0.1, 0.15) is 0 Å². The molecule has 0 saturated carbocycles. The molecular formula is C13H21NO2S. The van der Waals surface area contributed by atoms with Crippen molar-refractivity contribution < 1.29 is 8.42 Å². The van der Waals surface area contributed by atoms with Crippen LogP contribution < -0.4 is 5.32 Å². The fraction of sp³-hybridized carbons (Fsp3) is 0.538. The lowest BCUT2D eigenvalue weighted by atomic mass is 10.1. The summed E-state index contributed by atoms with van der Waals surface area (Å²) in [7, 11) is -3.04. The third-order valence-corrected chi connectivity index (χ3v) is 5.29. The van der Waals surface area contributed by atoms with Crippen molar-refractivity contribution in [3.63, 3.8) is 0 Å². The minimum Gasteiger partial charge on any atom is -0.309 e. The molecule has 0 aliphatic carbocycles. The molecule has 0 spiro atoms. The van der Waals surface area contributed by atoms with Gasteiger partial charge in [-0.2, -0.15) is 0 Å². The Kier molecular flexibility index (Phi) is 4.33. The highest BCUT2D eigenvalue weighted by atomic mass is 32.2. The Morgan fingerprint density at radius 1 is 1.24 bits per heavy atom. The van der Waals surface area contributed by atoms with Crippen molar-refractivity contribution in [3.8, 4) is 0 Å². The van der Waals surface area contributed by atoms with Crippen LogP contribution in [0.1, 0.15) is 32.4 Å². The molecule has 0 amide bonds. The van der Waals surface area contributed by atoms with Crippen LogP contribution in [0.4, 0.5) is 0 Å². The van der Waals surface area contributed by atoms with Gasteiger partial charge < -0.3 is 5.32 Å². The molecule has 3 nitrogen and oxygen atoms in total. The number of hydrogen-bond donors (Lipinski definition) is 1. The van der Waals surface area contributed by atoms with Gasteiger partial charge >= 0.3 is 0 Å². The van der Waals surface area contributed by atoms with Gasteiger partial charge in [-0.1, -0.05) is 30.3 Å². The molecule has 0 radical (unpaired) electrons. The monoisotopic (exact) mass is 255 g/mol. The van der Waals surface area contributed by atoms with Crippen molar-refractivity contribution in [2.45, 2.75) is 31.6 Å². The molecule has 4 heteroatoms. The van der Waals surface area contributed by atoms with Crippen LogP contribution in [-0.2, 0) is 9.84 Å². The molecule has 1 N–H and O–H groups in total. The summed E-state index contributed by atoms with van der Waals surface area (Å²) in [4.78, 5) is 0. The van der Waals surface area contributed by atoms with Gasteiger partial charge in [-0.15, -0.1) is 0 Å². The van der Waals surface area contributed by atoms with Crippen molar-refractivity contribution in [2.75, 3.05) is 12.8 Å². The van der Waals surface area contributed by atoms with E-state index >= 15 is 0 Å². The Hall–Kier alpha value is -0.870. The summed E-state index contributed by atoms with van der Waals surface area (Å²) in [5.74, 6) is 0. The predicted octanol–water partition coefficient (Wildman–Crippen LogP) is 2.16. The van der Waals surface area contributed by atoms with Crippen molar-refractivity contribution in [2.24, 2.45) is 0 Å². The second-order valence-corrected chi connectivity index (χ2v) is 7.69. The standard InChI is InChI=1S/C13H21NO2S/c1-11(12-8-6-5-7-9-12)14-10-13(2,3)17(4,15)16/h5-9,11,14H,10H2,1-4H3. The van der Waals surface area contributed by atoms with E-state index in [1.54, 1.807) is 13.8 Å². The molecule has 0 bridgehead atoms. The van der Waals surface area contributed by atoms with Gasteiger partial charge in [-0.05, 0) is 26.3 Å². The minimum absolute atomic E-state index is 0.150. The molecule has 1 unspecified atom stereocenters. The summed E-state index contributed by atoms with van der Waals surface area (Å²) >= 11 is 0. The minimum atomic E-state index is -3.04. The average molecular weight is 255 g/mol. The van der Waals surface area contributed by atoms with Gasteiger partial charge in [-0.3, -0.25) is 0 Å². The summed E-state index contributed by atoms with van der Waals surface area (Å²) < 4.78 is 22.4. The molecule has 1 aromatic rings. The molecule has 1 rings (SSSR count). The SMILES string of the molecule is CC(NCC(C)(C)S(C)(=O)=O)c1ccccc1. The molecule has 1 atom stereocenters. The molecule has 0 aliphatic heterocycles. The van der Waals surface area contributed by atoms with Gasteiger partial charge in [0.2, 0.25) is 0 Å². The zero-order valence-electron chi connectivity index (χ0n) is 10.9. The summed E-state index contributed by atoms with van der Waals surface area (Å²) in [6.07, 6.45) is 1.28. The highest BCUT2D eigenvalue weighted by molar-refractivity contribution is 7.92. The largest absolute Gasteiger partial charge is 0.309 e. The number of nitrogens with one attached hydrogen (secondary N) is 1. The maximum Gasteiger partial charge on any atom is 0.153 e. The van der Waals surface area contributed by atoms with E-state index in [0.717, 1.165) is 5.56 Å². The fourth-order valence-corrected chi connectivity index (χ4v) is 1.74. The van der Waals surface area contributed by atoms with E-state index in [1.165, 1.54) is 6.26 Å².